The molecule has 1 heterocycles. The first-order valence-electron chi connectivity index (χ1n) is 7.04. The van der Waals surface area contributed by atoms with Crippen LogP contribution >= 0.6 is 0 Å². The van der Waals surface area contributed by atoms with Crippen molar-refractivity contribution in [3.8, 4) is 0 Å². The van der Waals surface area contributed by atoms with Crippen LogP contribution in [0.5, 0.6) is 0 Å². The largest absolute Gasteiger partial charge is 0.383 e. The summed E-state index contributed by atoms with van der Waals surface area (Å²) < 4.78 is 4.90. The molecule has 0 atom stereocenters. The highest BCUT2D eigenvalue weighted by Crippen LogP contribution is 2.06. The third kappa shape index (κ3) is 7.01. The number of ether oxygens (including phenoxy) is 1. The number of methoxy groups -OCH3 is 1. The van der Waals surface area contributed by atoms with E-state index in [0.29, 0.717) is 30.5 Å². The van der Waals surface area contributed by atoms with Crippen LogP contribution in [-0.4, -0.2) is 68.2 Å². The van der Waals surface area contributed by atoms with Crippen molar-refractivity contribution in [3.05, 3.63) is 17.6 Å². The maximum atomic E-state index is 12.0. The number of anilines is 1. The lowest BCUT2D eigenvalue weighted by molar-refractivity contribution is 0.0932. The zero-order valence-electron chi connectivity index (χ0n) is 13.3. The van der Waals surface area contributed by atoms with Crippen LogP contribution in [0.3, 0.4) is 0 Å². The van der Waals surface area contributed by atoms with E-state index in [9.17, 15) is 4.79 Å². The van der Waals surface area contributed by atoms with E-state index in [1.807, 2.05) is 14.1 Å². The molecule has 0 fully saturated rings. The summed E-state index contributed by atoms with van der Waals surface area (Å²) in [4.78, 5) is 22.5. The molecule has 21 heavy (non-hydrogen) atoms. The van der Waals surface area contributed by atoms with Crippen molar-refractivity contribution in [2.75, 3.05) is 52.8 Å². The molecule has 1 aromatic heterocycles. The van der Waals surface area contributed by atoms with Gasteiger partial charge in [-0.2, -0.15) is 0 Å². The molecule has 2 N–H and O–H groups in total. The lowest BCUT2D eigenvalue weighted by Gasteiger charge is -2.11. The van der Waals surface area contributed by atoms with Crippen LogP contribution in [0.2, 0.25) is 0 Å². The lowest BCUT2D eigenvalue weighted by atomic mass is 10.3. The van der Waals surface area contributed by atoms with Gasteiger partial charge in [-0.1, -0.05) is 0 Å². The minimum Gasteiger partial charge on any atom is -0.383 e. The molecule has 0 aliphatic heterocycles. The molecule has 118 valence electrons. The Hall–Kier alpha value is -1.73. The maximum Gasteiger partial charge on any atom is 0.270 e. The molecule has 0 unspecified atom stereocenters. The number of aryl methyl sites for hydroxylation is 1. The number of rotatable bonds is 9. The van der Waals surface area contributed by atoms with Crippen molar-refractivity contribution >= 4 is 11.7 Å². The highest BCUT2D eigenvalue weighted by atomic mass is 16.5. The number of aromatic nitrogens is 2. The smallest absolute Gasteiger partial charge is 0.270 e. The van der Waals surface area contributed by atoms with Gasteiger partial charge in [-0.15, -0.1) is 0 Å². The van der Waals surface area contributed by atoms with E-state index in [1.165, 1.54) is 0 Å². The Morgan fingerprint density at radius 2 is 2.10 bits per heavy atom. The molecule has 0 saturated heterocycles. The van der Waals surface area contributed by atoms with Gasteiger partial charge in [0.1, 0.15) is 17.3 Å². The van der Waals surface area contributed by atoms with Gasteiger partial charge in [0.15, 0.2) is 0 Å². The SMILES string of the molecule is COCCNC(=O)c1cc(NCCCN(C)C)nc(C)n1. The van der Waals surface area contributed by atoms with Gasteiger partial charge in [-0.3, -0.25) is 4.79 Å². The molecule has 7 heteroatoms. The molecule has 7 nitrogen and oxygen atoms in total. The monoisotopic (exact) mass is 295 g/mol. The number of amides is 1. The normalized spacial score (nSPS) is 10.7. The standard InChI is InChI=1S/C14H25N5O2/c1-11-17-12(14(20)16-7-9-21-4)10-13(18-11)15-6-5-8-19(2)3/h10H,5-9H2,1-4H3,(H,16,20)(H,15,17,18). The quantitative estimate of drug-likeness (QED) is 0.647. The summed E-state index contributed by atoms with van der Waals surface area (Å²) in [6.45, 7) is 4.52. The minimum atomic E-state index is -0.214. The van der Waals surface area contributed by atoms with Crippen LogP contribution in [-0.2, 0) is 4.74 Å². The topological polar surface area (TPSA) is 79.4 Å². The highest BCUT2D eigenvalue weighted by Gasteiger charge is 2.09. The van der Waals surface area contributed by atoms with E-state index in [2.05, 4.69) is 25.5 Å². The third-order valence-electron chi connectivity index (χ3n) is 2.75. The molecule has 0 saturated carbocycles. The fourth-order valence-electron chi connectivity index (χ4n) is 1.74. The molecular weight excluding hydrogens is 270 g/mol. The fourth-order valence-corrected chi connectivity index (χ4v) is 1.74. The molecular formula is C14H25N5O2. The molecule has 0 aliphatic carbocycles. The Morgan fingerprint density at radius 1 is 1.33 bits per heavy atom. The molecule has 0 spiro atoms. The predicted octanol–water partition coefficient (Wildman–Crippen LogP) is 0.525. The molecule has 1 rings (SSSR count). The Kier molecular flexibility index (Phi) is 7.63. The number of hydrogen-bond acceptors (Lipinski definition) is 6. The van der Waals surface area contributed by atoms with Crippen LogP contribution in [0.4, 0.5) is 5.82 Å². The van der Waals surface area contributed by atoms with Crippen LogP contribution < -0.4 is 10.6 Å². The van der Waals surface area contributed by atoms with Gasteiger partial charge in [0.05, 0.1) is 6.61 Å². The molecule has 1 aromatic rings. The van der Waals surface area contributed by atoms with Gasteiger partial charge in [-0.05, 0) is 34.0 Å². The summed E-state index contributed by atoms with van der Waals surface area (Å²) in [5.41, 5.74) is 0.369. The molecule has 0 bridgehead atoms. The second-order valence-corrected chi connectivity index (χ2v) is 5.02. The van der Waals surface area contributed by atoms with Crippen molar-refractivity contribution < 1.29 is 9.53 Å². The fraction of sp³-hybridized carbons (Fsp3) is 0.643. The van der Waals surface area contributed by atoms with Crippen LogP contribution in [0, 0.1) is 6.92 Å². The Balaban J connectivity index is 2.56. The maximum absolute atomic E-state index is 12.0. The zero-order valence-corrected chi connectivity index (χ0v) is 13.3. The summed E-state index contributed by atoms with van der Waals surface area (Å²) in [7, 11) is 5.67. The third-order valence-corrected chi connectivity index (χ3v) is 2.75. The first-order chi connectivity index (χ1) is 10.0. The Morgan fingerprint density at radius 3 is 2.76 bits per heavy atom. The average molecular weight is 295 g/mol. The van der Waals surface area contributed by atoms with E-state index in [1.54, 1.807) is 20.1 Å². The van der Waals surface area contributed by atoms with Gasteiger partial charge >= 0.3 is 0 Å². The Labute approximate surface area is 126 Å². The number of carbonyl (C=O) groups is 1. The van der Waals surface area contributed by atoms with Gasteiger partial charge in [0.25, 0.3) is 5.91 Å². The summed E-state index contributed by atoms with van der Waals surface area (Å²) in [6, 6.07) is 1.67. The first-order valence-corrected chi connectivity index (χ1v) is 7.04. The average Bonchev–Trinajstić information content (AvgIpc) is 2.43. The van der Waals surface area contributed by atoms with Gasteiger partial charge < -0.3 is 20.3 Å². The van der Waals surface area contributed by atoms with Crippen LogP contribution in [0.15, 0.2) is 6.07 Å². The van der Waals surface area contributed by atoms with E-state index in [4.69, 9.17) is 4.74 Å². The molecule has 0 aliphatic rings. The van der Waals surface area contributed by atoms with Crippen molar-refractivity contribution in [3.63, 3.8) is 0 Å². The minimum absolute atomic E-state index is 0.214. The Bertz CT molecular complexity index is 451. The van der Waals surface area contributed by atoms with Gasteiger partial charge in [0.2, 0.25) is 0 Å². The second kappa shape index (κ2) is 9.25. The van der Waals surface area contributed by atoms with E-state index in [-0.39, 0.29) is 5.91 Å². The number of carbonyl (C=O) groups excluding carboxylic acids is 1. The summed E-state index contributed by atoms with van der Waals surface area (Å²) in [5, 5.41) is 5.97. The van der Waals surface area contributed by atoms with Crippen molar-refractivity contribution in [1.29, 1.82) is 0 Å². The van der Waals surface area contributed by atoms with Crippen molar-refractivity contribution in [2.24, 2.45) is 0 Å². The summed E-state index contributed by atoms with van der Waals surface area (Å²) in [6.07, 6.45) is 1.01. The van der Waals surface area contributed by atoms with E-state index < -0.39 is 0 Å². The zero-order chi connectivity index (χ0) is 15.7. The summed E-state index contributed by atoms with van der Waals surface area (Å²) in [5.74, 6) is 1.04. The van der Waals surface area contributed by atoms with Gasteiger partial charge in [-0.25, -0.2) is 9.97 Å². The van der Waals surface area contributed by atoms with Crippen molar-refractivity contribution in [1.82, 2.24) is 20.2 Å². The molecule has 1 amide bonds. The predicted molar refractivity (Wildman–Crippen MR) is 82.6 cm³/mol. The van der Waals surface area contributed by atoms with E-state index >= 15 is 0 Å². The second-order valence-electron chi connectivity index (χ2n) is 5.02. The van der Waals surface area contributed by atoms with Gasteiger partial charge in [0, 0.05) is 26.3 Å². The lowest BCUT2D eigenvalue weighted by Crippen LogP contribution is -2.28. The number of hydrogen-bond donors (Lipinski definition) is 2. The molecule has 0 radical (unpaired) electrons. The number of nitrogens with one attached hydrogen (secondary N) is 2. The molecule has 0 aromatic carbocycles. The number of nitrogens with zero attached hydrogens (tertiary/aromatic N) is 3. The van der Waals surface area contributed by atoms with Crippen LogP contribution in [0.25, 0.3) is 0 Å². The highest BCUT2D eigenvalue weighted by molar-refractivity contribution is 5.92. The van der Waals surface area contributed by atoms with E-state index in [0.717, 1.165) is 19.5 Å². The first kappa shape index (κ1) is 17.3. The summed E-state index contributed by atoms with van der Waals surface area (Å²) >= 11 is 0. The van der Waals surface area contributed by atoms with Crippen molar-refractivity contribution in [2.45, 2.75) is 13.3 Å². The van der Waals surface area contributed by atoms with Crippen LogP contribution in [0.1, 0.15) is 22.7 Å².